The topological polar surface area (TPSA) is 72.8 Å². The van der Waals surface area contributed by atoms with Crippen molar-refractivity contribution < 1.29 is 24.2 Å². The summed E-state index contributed by atoms with van der Waals surface area (Å²) in [6, 6.07) is 12.3. The Balaban J connectivity index is 2.24. The zero-order valence-electron chi connectivity index (χ0n) is 13.5. The van der Waals surface area contributed by atoms with Crippen LogP contribution < -0.4 is 9.47 Å². The Morgan fingerprint density at radius 3 is 2.54 bits per heavy atom. The Hall–Kier alpha value is -3.08. The van der Waals surface area contributed by atoms with Crippen LogP contribution in [-0.4, -0.2) is 24.0 Å². The summed E-state index contributed by atoms with van der Waals surface area (Å²) in [5, 5.41) is 8.71. The summed E-state index contributed by atoms with van der Waals surface area (Å²) in [7, 11) is 1.55. The van der Waals surface area contributed by atoms with E-state index in [1.165, 1.54) is 13.0 Å². The molecule has 5 nitrogen and oxygen atoms in total. The number of rotatable bonds is 7. The fourth-order valence-electron chi connectivity index (χ4n) is 2.22. The lowest BCUT2D eigenvalue weighted by molar-refractivity contribution is -0.131. The molecular formula is C19H18O5. The summed E-state index contributed by atoms with van der Waals surface area (Å²) in [4.78, 5) is 22.3. The van der Waals surface area contributed by atoms with Gasteiger partial charge in [0.05, 0.1) is 12.7 Å². The third-order valence-electron chi connectivity index (χ3n) is 3.37. The number of para-hydroxylation sites is 1. The molecule has 0 saturated heterocycles. The van der Waals surface area contributed by atoms with Gasteiger partial charge in [0.15, 0.2) is 5.78 Å². The predicted octanol–water partition coefficient (Wildman–Crippen LogP) is 3.57. The molecule has 0 aliphatic carbocycles. The molecule has 1 N–H and O–H groups in total. The minimum atomic E-state index is -1.01. The van der Waals surface area contributed by atoms with E-state index in [1.54, 1.807) is 49.6 Å². The van der Waals surface area contributed by atoms with Gasteiger partial charge in [-0.3, -0.25) is 4.79 Å². The highest BCUT2D eigenvalue weighted by atomic mass is 16.5. The van der Waals surface area contributed by atoms with E-state index in [2.05, 4.69) is 0 Å². The molecular weight excluding hydrogens is 308 g/mol. The van der Waals surface area contributed by atoms with Gasteiger partial charge >= 0.3 is 5.97 Å². The highest BCUT2D eigenvalue weighted by Crippen LogP contribution is 2.25. The van der Waals surface area contributed by atoms with Gasteiger partial charge in [-0.1, -0.05) is 18.2 Å². The van der Waals surface area contributed by atoms with Crippen LogP contribution in [0.3, 0.4) is 0 Å². The van der Waals surface area contributed by atoms with Gasteiger partial charge in [-0.15, -0.1) is 0 Å². The van der Waals surface area contributed by atoms with E-state index in [4.69, 9.17) is 14.6 Å². The second-order valence-electron chi connectivity index (χ2n) is 5.08. The molecule has 0 aliphatic heterocycles. The van der Waals surface area contributed by atoms with Gasteiger partial charge < -0.3 is 14.6 Å². The molecule has 0 saturated carbocycles. The fraction of sp³-hybridized carbons (Fsp3) is 0.158. The van der Waals surface area contributed by atoms with Gasteiger partial charge in [-0.25, -0.2) is 4.79 Å². The third kappa shape index (κ3) is 4.46. The normalized spacial score (nSPS) is 10.6. The number of aliphatic carboxylic acids is 1. The predicted molar refractivity (Wildman–Crippen MR) is 90.4 cm³/mol. The molecule has 0 amide bonds. The van der Waals surface area contributed by atoms with Crippen LogP contribution in [0.1, 0.15) is 28.4 Å². The summed E-state index contributed by atoms with van der Waals surface area (Å²) in [5.41, 5.74) is 1.98. The van der Waals surface area contributed by atoms with E-state index in [-0.39, 0.29) is 12.4 Å². The van der Waals surface area contributed by atoms with Crippen molar-refractivity contribution in [2.24, 2.45) is 0 Å². The fourth-order valence-corrected chi connectivity index (χ4v) is 2.22. The molecule has 124 valence electrons. The molecule has 0 radical (unpaired) electrons. The molecule has 5 heteroatoms. The zero-order chi connectivity index (χ0) is 17.5. The average molecular weight is 326 g/mol. The first kappa shape index (κ1) is 17.3. The second kappa shape index (κ2) is 7.97. The van der Waals surface area contributed by atoms with Gasteiger partial charge in [-0.2, -0.15) is 0 Å². The number of carbonyl (C=O) groups is 2. The Labute approximate surface area is 140 Å². The van der Waals surface area contributed by atoms with E-state index in [0.717, 1.165) is 17.2 Å². The van der Waals surface area contributed by atoms with Crippen molar-refractivity contribution in [1.29, 1.82) is 0 Å². The summed E-state index contributed by atoms with van der Waals surface area (Å²) >= 11 is 0. The van der Waals surface area contributed by atoms with E-state index in [0.29, 0.717) is 17.1 Å². The summed E-state index contributed by atoms with van der Waals surface area (Å²) in [5.74, 6) is 0.0380. The maximum Gasteiger partial charge on any atom is 0.328 e. The van der Waals surface area contributed by atoms with Crippen LogP contribution in [0.2, 0.25) is 0 Å². The highest BCUT2D eigenvalue weighted by molar-refractivity contribution is 5.96. The smallest absolute Gasteiger partial charge is 0.328 e. The molecule has 0 unspecified atom stereocenters. The monoisotopic (exact) mass is 326 g/mol. The number of hydrogen-bond acceptors (Lipinski definition) is 4. The van der Waals surface area contributed by atoms with Crippen LogP contribution in [0.4, 0.5) is 0 Å². The van der Waals surface area contributed by atoms with Crippen LogP contribution in [0.5, 0.6) is 11.5 Å². The number of ether oxygens (including phenoxy) is 2. The van der Waals surface area contributed by atoms with Crippen LogP contribution in [-0.2, 0) is 11.4 Å². The van der Waals surface area contributed by atoms with Crippen molar-refractivity contribution >= 4 is 17.8 Å². The van der Waals surface area contributed by atoms with Crippen molar-refractivity contribution in [3.8, 4) is 11.5 Å². The standard InChI is InChI=1S/C19H18O5/c1-13(20)16-5-3-4-6-18(16)24-12-15-11-14(8-10-19(21)22)7-9-17(15)23-2/h3-11H,12H2,1-2H3,(H,21,22). The molecule has 0 aromatic heterocycles. The number of benzene rings is 2. The van der Waals surface area contributed by atoms with Gasteiger partial charge in [-0.05, 0) is 42.8 Å². The van der Waals surface area contributed by atoms with Gasteiger partial charge in [0.25, 0.3) is 0 Å². The van der Waals surface area contributed by atoms with Crippen LogP contribution in [0.15, 0.2) is 48.5 Å². The Morgan fingerprint density at radius 2 is 1.88 bits per heavy atom. The number of carbonyl (C=O) groups excluding carboxylic acids is 1. The highest BCUT2D eigenvalue weighted by Gasteiger charge is 2.10. The maximum atomic E-state index is 11.6. The molecule has 2 rings (SSSR count). The van der Waals surface area contributed by atoms with E-state index >= 15 is 0 Å². The zero-order valence-corrected chi connectivity index (χ0v) is 13.5. The number of hydrogen-bond donors (Lipinski definition) is 1. The Morgan fingerprint density at radius 1 is 1.12 bits per heavy atom. The first-order valence-electron chi connectivity index (χ1n) is 7.32. The molecule has 0 aliphatic rings. The number of ketones is 1. The molecule has 0 spiro atoms. The SMILES string of the molecule is COc1ccc(C=CC(=O)O)cc1COc1ccccc1C(C)=O. The van der Waals surface area contributed by atoms with Crippen LogP contribution in [0, 0.1) is 0 Å². The largest absolute Gasteiger partial charge is 0.496 e. The minimum Gasteiger partial charge on any atom is -0.496 e. The van der Waals surface area contributed by atoms with Crippen molar-refractivity contribution in [1.82, 2.24) is 0 Å². The van der Waals surface area contributed by atoms with Crippen molar-refractivity contribution in [3.05, 3.63) is 65.2 Å². The first-order chi connectivity index (χ1) is 11.5. The van der Waals surface area contributed by atoms with Gasteiger partial charge in [0.2, 0.25) is 0 Å². The first-order valence-corrected chi connectivity index (χ1v) is 7.32. The molecule has 2 aromatic carbocycles. The summed E-state index contributed by atoms with van der Waals surface area (Å²) in [6.07, 6.45) is 2.56. The molecule has 2 aromatic rings. The Bertz CT molecular complexity index is 777. The number of Topliss-reactive ketones (excluding diaryl/α,β-unsaturated/α-hetero) is 1. The number of methoxy groups -OCH3 is 1. The van der Waals surface area contributed by atoms with Crippen LogP contribution in [0.25, 0.3) is 6.08 Å². The molecule has 24 heavy (non-hydrogen) atoms. The van der Waals surface area contributed by atoms with E-state index in [9.17, 15) is 9.59 Å². The molecule has 0 fully saturated rings. The van der Waals surface area contributed by atoms with E-state index in [1.807, 2.05) is 0 Å². The average Bonchev–Trinajstić information content (AvgIpc) is 2.58. The van der Waals surface area contributed by atoms with Crippen molar-refractivity contribution in [2.45, 2.75) is 13.5 Å². The quantitative estimate of drug-likeness (QED) is 0.622. The lowest BCUT2D eigenvalue weighted by Crippen LogP contribution is -2.03. The summed E-state index contributed by atoms with van der Waals surface area (Å²) in [6.45, 7) is 1.68. The molecule has 0 bridgehead atoms. The van der Waals surface area contributed by atoms with E-state index < -0.39 is 5.97 Å². The number of carboxylic acids is 1. The molecule has 0 atom stereocenters. The lowest BCUT2D eigenvalue weighted by atomic mass is 10.1. The molecule has 0 heterocycles. The van der Waals surface area contributed by atoms with Gasteiger partial charge in [0, 0.05) is 11.6 Å². The van der Waals surface area contributed by atoms with Crippen molar-refractivity contribution in [2.75, 3.05) is 7.11 Å². The number of carboxylic acid groups (broad SMARTS) is 1. The third-order valence-corrected chi connectivity index (χ3v) is 3.37. The summed E-state index contributed by atoms with van der Waals surface area (Å²) < 4.78 is 11.1. The minimum absolute atomic E-state index is 0.0734. The lowest BCUT2D eigenvalue weighted by Gasteiger charge is -2.13. The maximum absolute atomic E-state index is 11.6. The second-order valence-corrected chi connectivity index (χ2v) is 5.08. The Kier molecular flexibility index (Phi) is 5.73. The van der Waals surface area contributed by atoms with Crippen LogP contribution >= 0.6 is 0 Å². The van der Waals surface area contributed by atoms with Crippen molar-refractivity contribution in [3.63, 3.8) is 0 Å². The van der Waals surface area contributed by atoms with Gasteiger partial charge in [0.1, 0.15) is 18.1 Å².